The molecule has 1 aromatic heterocycles. The van der Waals surface area contributed by atoms with Crippen LogP contribution in [0.15, 0.2) is 70.3 Å². The van der Waals surface area contributed by atoms with Gasteiger partial charge in [-0.25, -0.2) is 4.39 Å². The van der Waals surface area contributed by atoms with Gasteiger partial charge in [-0.2, -0.15) is 5.10 Å². The number of carbonyl (C=O) groups excluding carboxylic acids is 1. The van der Waals surface area contributed by atoms with Gasteiger partial charge in [0.2, 0.25) is 5.91 Å². The molecule has 3 aliphatic rings. The molecule has 2 fully saturated rings. The van der Waals surface area contributed by atoms with Gasteiger partial charge >= 0.3 is 0 Å². The van der Waals surface area contributed by atoms with Gasteiger partial charge in [-0.3, -0.25) is 10.2 Å². The van der Waals surface area contributed by atoms with Crippen molar-refractivity contribution >= 4 is 24.4 Å². The van der Waals surface area contributed by atoms with E-state index < -0.39 is 5.83 Å². The lowest BCUT2D eigenvalue weighted by atomic mass is 10.0. The van der Waals surface area contributed by atoms with Crippen LogP contribution < -0.4 is 16.1 Å². The molecule has 1 saturated carbocycles. The molecule has 1 saturated heterocycles. The number of hydrazone groups is 1. The van der Waals surface area contributed by atoms with Crippen LogP contribution in [0.5, 0.6) is 0 Å². The van der Waals surface area contributed by atoms with Crippen molar-refractivity contribution in [2.45, 2.75) is 25.7 Å². The summed E-state index contributed by atoms with van der Waals surface area (Å²) in [5, 5.41) is 5.12. The standard InChI is InChI=1S/C25H29FN4O2/c1-16(11-22-8-10-32-19(22)4)17(2)12-23(26)18(3)30-15-27-28-24(30)13-20-7-9-29(14-20)25(31)21-5-6-21/h8,10-12,20-21,27H,1-7,9,13-15H2/b22-11-,23-12+. The largest absolute Gasteiger partial charge is 0.465 e. The SMILES string of the molecule is C=C(/C=c1/ccoc1=C)C(=C)/C=C(/F)C(=C)N1CNN=C1CC1CCN(C(=O)C2CC2)C1. The maximum Gasteiger partial charge on any atom is 0.225 e. The Morgan fingerprint density at radius 3 is 2.75 bits per heavy atom. The van der Waals surface area contributed by atoms with Crippen molar-refractivity contribution in [1.29, 1.82) is 0 Å². The average Bonchev–Trinajstić information content (AvgIpc) is 3.13. The first-order valence-electron chi connectivity index (χ1n) is 10.9. The summed E-state index contributed by atoms with van der Waals surface area (Å²) in [7, 11) is 0. The van der Waals surface area contributed by atoms with Gasteiger partial charge < -0.3 is 14.2 Å². The van der Waals surface area contributed by atoms with E-state index in [1.807, 2.05) is 4.90 Å². The number of amides is 1. The molecule has 1 amide bonds. The Bertz CT molecular complexity index is 1130. The van der Waals surface area contributed by atoms with Gasteiger partial charge in [0.05, 0.1) is 12.0 Å². The molecule has 3 heterocycles. The van der Waals surface area contributed by atoms with Crippen molar-refractivity contribution in [3.8, 4) is 0 Å². The first-order valence-corrected chi connectivity index (χ1v) is 10.9. The second-order valence-corrected chi connectivity index (χ2v) is 8.62. The molecule has 0 spiro atoms. The van der Waals surface area contributed by atoms with Gasteiger partial charge in [-0.05, 0) is 54.5 Å². The lowest BCUT2D eigenvalue weighted by molar-refractivity contribution is -0.131. The molecule has 1 N–H and O–H groups in total. The number of carbonyl (C=O) groups is 1. The van der Waals surface area contributed by atoms with Gasteiger partial charge in [0.1, 0.15) is 23.7 Å². The monoisotopic (exact) mass is 436 g/mol. The van der Waals surface area contributed by atoms with Crippen LogP contribution in [0.4, 0.5) is 4.39 Å². The summed E-state index contributed by atoms with van der Waals surface area (Å²) >= 11 is 0. The number of likely N-dealkylation sites (tertiary alicyclic amines) is 1. The fourth-order valence-electron chi connectivity index (χ4n) is 4.02. The van der Waals surface area contributed by atoms with E-state index in [9.17, 15) is 4.79 Å². The zero-order valence-corrected chi connectivity index (χ0v) is 18.3. The van der Waals surface area contributed by atoms with Crippen LogP contribution in [0, 0.1) is 11.8 Å². The molecule has 1 aromatic rings. The predicted octanol–water partition coefficient (Wildman–Crippen LogP) is 2.77. The van der Waals surface area contributed by atoms with Crippen molar-refractivity contribution in [1.82, 2.24) is 15.2 Å². The van der Waals surface area contributed by atoms with Crippen LogP contribution in [0.2, 0.25) is 0 Å². The Morgan fingerprint density at radius 1 is 1.28 bits per heavy atom. The molecular weight excluding hydrogens is 407 g/mol. The van der Waals surface area contributed by atoms with E-state index in [0.29, 0.717) is 35.6 Å². The normalized spacial score (nSPS) is 21.5. The Kier molecular flexibility index (Phi) is 6.17. The number of allylic oxidation sites excluding steroid dienone is 4. The van der Waals surface area contributed by atoms with E-state index in [0.717, 1.165) is 43.4 Å². The summed E-state index contributed by atoms with van der Waals surface area (Å²) in [5.74, 6) is 1.07. The number of hydrogen-bond acceptors (Lipinski definition) is 5. The van der Waals surface area contributed by atoms with Gasteiger partial charge in [-0.1, -0.05) is 26.3 Å². The van der Waals surface area contributed by atoms with E-state index in [2.05, 4.69) is 36.8 Å². The summed E-state index contributed by atoms with van der Waals surface area (Å²) in [6.07, 6.45) is 8.25. The average molecular weight is 437 g/mol. The quantitative estimate of drug-likeness (QED) is 0.637. The molecule has 6 nitrogen and oxygen atoms in total. The highest BCUT2D eigenvalue weighted by molar-refractivity contribution is 5.86. The lowest BCUT2D eigenvalue weighted by Gasteiger charge is -2.22. The van der Waals surface area contributed by atoms with E-state index >= 15 is 4.39 Å². The van der Waals surface area contributed by atoms with Gasteiger partial charge in [0.25, 0.3) is 0 Å². The van der Waals surface area contributed by atoms with Crippen molar-refractivity contribution in [2.75, 3.05) is 19.8 Å². The first-order chi connectivity index (χ1) is 15.3. The minimum atomic E-state index is -0.500. The van der Waals surface area contributed by atoms with E-state index in [1.165, 1.54) is 12.3 Å². The predicted molar refractivity (Wildman–Crippen MR) is 124 cm³/mol. The van der Waals surface area contributed by atoms with Crippen LogP contribution in [-0.2, 0) is 4.79 Å². The zero-order chi connectivity index (χ0) is 22.8. The third-order valence-corrected chi connectivity index (χ3v) is 6.17. The number of amidine groups is 1. The Labute approximate surface area is 187 Å². The van der Waals surface area contributed by atoms with Gasteiger partial charge in [0.15, 0.2) is 0 Å². The third kappa shape index (κ3) is 4.77. The molecule has 7 heteroatoms. The molecule has 0 radical (unpaired) electrons. The van der Waals surface area contributed by atoms with Crippen LogP contribution in [0.3, 0.4) is 0 Å². The number of rotatable bonds is 8. The minimum Gasteiger partial charge on any atom is -0.465 e. The van der Waals surface area contributed by atoms with E-state index in [1.54, 1.807) is 17.0 Å². The van der Waals surface area contributed by atoms with Crippen LogP contribution in [0.1, 0.15) is 25.7 Å². The number of halogens is 1. The maximum atomic E-state index is 15.0. The van der Waals surface area contributed by atoms with Gasteiger partial charge in [0, 0.05) is 30.6 Å². The van der Waals surface area contributed by atoms with Crippen LogP contribution >= 0.6 is 0 Å². The lowest BCUT2D eigenvalue weighted by Crippen LogP contribution is -2.32. The summed E-state index contributed by atoms with van der Waals surface area (Å²) in [4.78, 5) is 16.0. The topological polar surface area (TPSA) is 61.1 Å². The van der Waals surface area contributed by atoms with Crippen LogP contribution in [-0.4, -0.2) is 41.3 Å². The molecule has 168 valence electrons. The second kappa shape index (κ2) is 9.02. The molecule has 0 bridgehead atoms. The fourth-order valence-corrected chi connectivity index (χ4v) is 4.02. The minimum absolute atomic E-state index is 0.216. The smallest absolute Gasteiger partial charge is 0.225 e. The molecule has 4 rings (SSSR count). The molecule has 32 heavy (non-hydrogen) atoms. The number of furan rings is 1. The Balaban J connectivity index is 1.36. The molecule has 1 aliphatic carbocycles. The number of nitrogens with zero attached hydrogens (tertiary/aromatic N) is 3. The van der Waals surface area contributed by atoms with Crippen molar-refractivity contribution in [3.05, 3.63) is 71.4 Å². The highest BCUT2D eigenvalue weighted by Gasteiger charge is 2.37. The highest BCUT2D eigenvalue weighted by Crippen LogP contribution is 2.34. The third-order valence-electron chi connectivity index (χ3n) is 6.17. The van der Waals surface area contributed by atoms with Crippen molar-refractivity contribution in [2.24, 2.45) is 16.9 Å². The highest BCUT2D eigenvalue weighted by atomic mass is 19.1. The van der Waals surface area contributed by atoms with E-state index in [4.69, 9.17) is 4.42 Å². The molecule has 1 atom stereocenters. The summed E-state index contributed by atoms with van der Waals surface area (Å²) < 4.78 is 20.2. The summed E-state index contributed by atoms with van der Waals surface area (Å²) in [5.41, 5.74) is 4.64. The van der Waals surface area contributed by atoms with Gasteiger partial charge in [-0.15, -0.1) is 0 Å². The second-order valence-electron chi connectivity index (χ2n) is 8.62. The summed E-state index contributed by atoms with van der Waals surface area (Å²) in [6.45, 7) is 17.5. The zero-order valence-electron chi connectivity index (χ0n) is 18.3. The van der Waals surface area contributed by atoms with E-state index in [-0.39, 0.29) is 17.5 Å². The number of nitrogens with one attached hydrogen (secondary N) is 1. The fraction of sp³-hybridized carbons (Fsp3) is 0.360. The van der Waals surface area contributed by atoms with Crippen molar-refractivity contribution in [3.63, 3.8) is 0 Å². The number of hydrogen-bond donors (Lipinski definition) is 1. The first kappa shape index (κ1) is 21.9. The molecular formula is C25H29FN4O2. The van der Waals surface area contributed by atoms with Crippen LogP contribution in [0.25, 0.3) is 12.7 Å². The maximum absolute atomic E-state index is 15.0. The Hall–Kier alpha value is -3.35. The Morgan fingerprint density at radius 2 is 2.06 bits per heavy atom. The van der Waals surface area contributed by atoms with Crippen molar-refractivity contribution < 1.29 is 13.6 Å². The molecule has 1 unspecified atom stereocenters. The molecule has 2 aliphatic heterocycles. The summed E-state index contributed by atoms with van der Waals surface area (Å²) in [6, 6.07) is 1.76. The molecule has 0 aromatic carbocycles.